The van der Waals surface area contributed by atoms with E-state index < -0.39 is 5.66 Å². The van der Waals surface area contributed by atoms with Gasteiger partial charge in [0.15, 0.2) is 0 Å². The van der Waals surface area contributed by atoms with Crippen molar-refractivity contribution in [2.45, 2.75) is 38.4 Å². The quantitative estimate of drug-likeness (QED) is 0.764. The van der Waals surface area contributed by atoms with Crippen LogP contribution in [0.5, 0.6) is 0 Å². The van der Waals surface area contributed by atoms with E-state index in [9.17, 15) is 14.4 Å². The molecule has 7 heteroatoms. The molecule has 1 N–H and O–H groups in total. The van der Waals surface area contributed by atoms with Gasteiger partial charge in [-0.1, -0.05) is 46.3 Å². The van der Waals surface area contributed by atoms with Gasteiger partial charge in [-0.3, -0.25) is 19.3 Å². The molecule has 3 amide bonds. The highest BCUT2D eigenvalue weighted by atomic mass is 79.9. The summed E-state index contributed by atoms with van der Waals surface area (Å²) < 4.78 is 0.891. The van der Waals surface area contributed by atoms with Gasteiger partial charge in [0.2, 0.25) is 11.6 Å². The molecule has 150 valence electrons. The highest BCUT2D eigenvalue weighted by Crippen LogP contribution is 2.44. The van der Waals surface area contributed by atoms with Crippen LogP contribution in [0.2, 0.25) is 0 Å². The van der Waals surface area contributed by atoms with Gasteiger partial charge in [0.05, 0.1) is 17.3 Å². The van der Waals surface area contributed by atoms with E-state index in [4.69, 9.17) is 0 Å². The second kappa shape index (κ2) is 7.30. The normalized spacial score (nSPS) is 21.6. The number of amides is 3. The lowest BCUT2D eigenvalue weighted by atomic mass is 9.95. The van der Waals surface area contributed by atoms with Crippen molar-refractivity contribution < 1.29 is 14.4 Å². The highest BCUT2D eigenvalue weighted by Gasteiger charge is 2.60. The first kappa shape index (κ1) is 19.6. The predicted molar refractivity (Wildman–Crippen MR) is 113 cm³/mol. The SMILES string of the molecule is CCN1C(=O)c2ccccc2N2C(=O)CC[C@]12C(=O)N[C@H](C)c1ccccc1Br. The standard InChI is InChI=1S/C22H22BrN3O3/c1-3-25-20(28)16-9-5-7-11-18(16)26-19(27)12-13-22(25,26)21(29)24-14(2)15-8-4-6-10-17(15)23/h4-11,14H,3,12-13H2,1-2H3,(H,24,29)/t14-,22+/m1/s1. The molecule has 2 aliphatic heterocycles. The summed E-state index contributed by atoms with van der Waals surface area (Å²) in [6, 6.07) is 14.4. The summed E-state index contributed by atoms with van der Waals surface area (Å²) in [6.07, 6.45) is 0.489. The van der Waals surface area contributed by atoms with Crippen LogP contribution < -0.4 is 10.2 Å². The van der Waals surface area contributed by atoms with E-state index in [1.807, 2.05) is 38.1 Å². The lowest BCUT2D eigenvalue weighted by Crippen LogP contribution is -2.70. The van der Waals surface area contributed by atoms with Gasteiger partial charge in [0, 0.05) is 23.9 Å². The predicted octanol–water partition coefficient (Wildman–Crippen LogP) is 3.63. The number of anilines is 1. The van der Waals surface area contributed by atoms with Gasteiger partial charge in [0.25, 0.3) is 11.8 Å². The van der Waals surface area contributed by atoms with E-state index in [0.29, 0.717) is 17.8 Å². The molecule has 2 aromatic rings. The van der Waals surface area contributed by atoms with Crippen LogP contribution in [0.4, 0.5) is 5.69 Å². The number of carbonyl (C=O) groups is 3. The van der Waals surface area contributed by atoms with Gasteiger partial charge in [-0.15, -0.1) is 0 Å². The molecular formula is C22H22BrN3O3. The molecule has 6 nitrogen and oxygen atoms in total. The first-order valence-corrected chi connectivity index (χ1v) is 10.5. The van der Waals surface area contributed by atoms with E-state index in [2.05, 4.69) is 21.2 Å². The Morgan fingerprint density at radius 2 is 1.86 bits per heavy atom. The lowest BCUT2D eigenvalue weighted by Gasteiger charge is -2.49. The summed E-state index contributed by atoms with van der Waals surface area (Å²) in [5.74, 6) is -0.707. The number of para-hydroxylation sites is 1. The third kappa shape index (κ3) is 2.87. The third-order valence-electron chi connectivity index (χ3n) is 5.77. The van der Waals surface area contributed by atoms with E-state index in [-0.39, 0.29) is 36.6 Å². The van der Waals surface area contributed by atoms with Crippen molar-refractivity contribution in [3.05, 3.63) is 64.1 Å². The van der Waals surface area contributed by atoms with Crippen molar-refractivity contribution in [1.29, 1.82) is 0 Å². The smallest absolute Gasteiger partial charge is 0.267 e. The highest BCUT2D eigenvalue weighted by molar-refractivity contribution is 9.10. The Kier molecular flexibility index (Phi) is 4.94. The van der Waals surface area contributed by atoms with Crippen LogP contribution in [-0.4, -0.2) is 34.8 Å². The molecule has 2 aromatic carbocycles. The summed E-state index contributed by atoms with van der Waals surface area (Å²) in [5.41, 5.74) is 0.547. The zero-order chi connectivity index (χ0) is 20.8. The molecule has 1 fully saturated rings. The van der Waals surface area contributed by atoms with Gasteiger partial charge in [-0.25, -0.2) is 0 Å². The van der Waals surface area contributed by atoms with Crippen molar-refractivity contribution in [1.82, 2.24) is 10.2 Å². The van der Waals surface area contributed by atoms with Crippen LogP contribution in [0, 0.1) is 0 Å². The molecule has 0 bridgehead atoms. The minimum Gasteiger partial charge on any atom is -0.346 e. The molecule has 2 heterocycles. The number of rotatable bonds is 4. The van der Waals surface area contributed by atoms with Crippen LogP contribution in [0.25, 0.3) is 0 Å². The van der Waals surface area contributed by atoms with Crippen LogP contribution >= 0.6 is 15.9 Å². The lowest BCUT2D eigenvalue weighted by molar-refractivity contribution is -0.134. The molecule has 0 unspecified atom stereocenters. The number of benzene rings is 2. The molecule has 2 atom stereocenters. The number of fused-ring (bicyclic) bond motifs is 3. The van der Waals surface area contributed by atoms with Crippen molar-refractivity contribution in [3.8, 4) is 0 Å². The Morgan fingerprint density at radius 3 is 2.59 bits per heavy atom. The summed E-state index contributed by atoms with van der Waals surface area (Å²) in [5, 5.41) is 3.05. The molecular weight excluding hydrogens is 434 g/mol. The number of nitrogens with one attached hydrogen (secondary N) is 1. The Hall–Kier alpha value is -2.67. The minimum atomic E-state index is -1.34. The molecule has 0 aromatic heterocycles. The van der Waals surface area contributed by atoms with Gasteiger partial charge in [0.1, 0.15) is 0 Å². The summed E-state index contributed by atoms with van der Waals surface area (Å²) in [7, 11) is 0. The zero-order valence-corrected chi connectivity index (χ0v) is 17.9. The van der Waals surface area contributed by atoms with Gasteiger partial charge >= 0.3 is 0 Å². The molecule has 0 radical (unpaired) electrons. The van der Waals surface area contributed by atoms with Crippen molar-refractivity contribution in [3.63, 3.8) is 0 Å². The molecule has 0 saturated carbocycles. The Balaban J connectivity index is 1.77. The maximum atomic E-state index is 13.7. The molecule has 1 saturated heterocycles. The maximum absolute atomic E-state index is 13.7. The van der Waals surface area contributed by atoms with Crippen molar-refractivity contribution >= 4 is 39.3 Å². The van der Waals surface area contributed by atoms with E-state index in [1.54, 1.807) is 24.3 Å². The van der Waals surface area contributed by atoms with Crippen molar-refractivity contribution in [2.75, 3.05) is 11.4 Å². The van der Waals surface area contributed by atoms with Gasteiger partial charge in [-0.05, 0) is 37.6 Å². The summed E-state index contributed by atoms with van der Waals surface area (Å²) >= 11 is 3.52. The number of halogens is 1. The van der Waals surface area contributed by atoms with Crippen LogP contribution in [0.15, 0.2) is 53.0 Å². The second-order valence-electron chi connectivity index (χ2n) is 7.33. The topological polar surface area (TPSA) is 69.7 Å². The van der Waals surface area contributed by atoms with Gasteiger partial charge in [-0.2, -0.15) is 0 Å². The summed E-state index contributed by atoms with van der Waals surface area (Å²) in [6.45, 7) is 4.05. The number of hydrogen-bond acceptors (Lipinski definition) is 3. The first-order valence-electron chi connectivity index (χ1n) is 9.71. The van der Waals surface area contributed by atoms with E-state index in [1.165, 1.54) is 9.80 Å². The number of carbonyl (C=O) groups excluding carboxylic acids is 3. The molecule has 2 aliphatic rings. The maximum Gasteiger partial charge on any atom is 0.267 e. The monoisotopic (exact) mass is 455 g/mol. The van der Waals surface area contributed by atoms with Crippen LogP contribution in [0.3, 0.4) is 0 Å². The third-order valence-corrected chi connectivity index (χ3v) is 6.50. The average Bonchev–Trinajstić information content (AvgIpc) is 3.07. The van der Waals surface area contributed by atoms with Gasteiger partial charge < -0.3 is 10.2 Å². The number of likely N-dealkylation sites (N-methyl/N-ethyl adjacent to an activating group) is 1. The first-order chi connectivity index (χ1) is 13.9. The average molecular weight is 456 g/mol. The Morgan fingerprint density at radius 1 is 1.17 bits per heavy atom. The van der Waals surface area contributed by atoms with Crippen LogP contribution in [0.1, 0.15) is 48.7 Å². The minimum absolute atomic E-state index is 0.146. The zero-order valence-electron chi connectivity index (χ0n) is 16.3. The number of hydrogen-bond donors (Lipinski definition) is 1. The fourth-order valence-corrected chi connectivity index (χ4v) is 5.05. The molecule has 4 rings (SSSR count). The summed E-state index contributed by atoms with van der Waals surface area (Å²) in [4.78, 5) is 42.8. The second-order valence-corrected chi connectivity index (χ2v) is 8.18. The molecule has 0 spiro atoms. The fraction of sp³-hybridized carbons (Fsp3) is 0.318. The van der Waals surface area contributed by atoms with E-state index >= 15 is 0 Å². The van der Waals surface area contributed by atoms with Crippen LogP contribution in [-0.2, 0) is 9.59 Å². The molecule has 29 heavy (non-hydrogen) atoms. The molecule has 0 aliphatic carbocycles. The number of nitrogens with zero attached hydrogens (tertiary/aromatic N) is 2. The fourth-order valence-electron chi connectivity index (χ4n) is 4.42. The Bertz CT molecular complexity index is 1010. The largest absolute Gasteiger partial charge is 0.346 e. The van der Waals surface area contributed by atoms with Crippen molar-refractivity contribution in [2.24, 2.45) is 0 Å². The van der Waals surface area contributed by atoms with E-state index in [0.717, 1.165) is 10.0 Å². The Labute approximate surface area is 178 Å².